The molecule has 0 aliphatic carbocycles. The first-order valence-corrected chi connectivity index (χ1v) is 11.5. The Morgan fingerprint density at radius 3 is 2.57 bits per heavy atom. The van der Waals surface area contributed by atoms with Gasteiger partial charge in [-0.25, -0.2) is 0 Å². The molecule has 1 atom stereocenters. The van der Waals surface area contributed by atoms with E-state index in [0.717, 1.165) is 11.1 Å². The van der Waals surface area contributed by atoms with Crippen molar-refractivity contribution in [3.8, 4) is 5.75 Å². The number of likely N-dealkylation sites (tertiary alicyclic amines) is 1. The third-order valence-corrected chi connectivity index (χ3v) is 5.90. The third-order valence-electron chi connectivity index (χ3n) is 5.90. The Kier molecular flexibility index (Phi) is 7.57. The summed E-state index contributed by atoms with van der Waals surface area (Å²) in [5, 5.41) is 11.2. The Labute approximate surface area is 204 Å². The van der Waals surface area contributed by atoms with Crippen molar-refractivity contribution in [2.45, 2.75) is 26.0 Å². The van der Waals surface area contributed by atoms with E-state index in [9.17, 15) is 14.7 Å². The summed E-state index contributed by atoms with van der Waals surface area (Å²) in [4.78, 5) is 31.5. The number of pyridine rings is 1. The number of carbonyl (C=O) groups is 2. The summed E-state index contributed by atoms with van der Waals surface area (Å²) < 4.78 is 11.0. The van der Waals surface area contributed by atoms with Crippen LogP contribution in [0.15, 0.2) is 78.6 Å². The first-order valence-electron chi connectivity index (χ1n) is 11.5. The summed E-state index contributed by atoms with van der Waals surface area (Å²) in [7, 11) is 1.58. The van der Waals surface area contributed by atoms with E-state index in [-0.39, 0.29) is 11.3 Å². The first kappa shape index (κ1) is 24.2. The Bertz CT molecular complexity index is 1220. The number of hydrogen-bond acceptors (Lipinski definition) is 6. The van der Waals surface area contributed by atoms with E-state index in [1.165, 1.54) is 4.90 Å². The number of rotatable bonds is 9. The highest BCUT2D eigenvalue weighted by molar-refractivity contribution is 6.46. The van der Waals surface area contributed by atoms with E-state index in [0.29, 0.717) is 43.1 Å². The molecule has 7 nitrogen and oxygen atoms in total. The normalized spacial score (nSPS) is 17.1. The van der Waals surface area contributed by atoms with E-state index in [1.807, 2.05) is 25.1 Å². The van der Waals surface area contributed by atoms with Crippen LogP contribution in [0, 0.1) is 6.92 Å². The Hall–Kier alpha value is -3.97. The second-order valence-electron chi connectivity index (χ2n) is 8.43. The topological polar surface area (TPSA) is 89.0 Å². The number of amides is 1. The molecule has 1 amide bonds. The average Bonchev–Trinajstić information content (AvgIpc) is 3.13. The molecule has 1 aliphatic rings. The molecule has 0 saturated carbocycles. The molecule has 7 heteroatoms. The summed E-state index contributed by atoms with van der Waals surface area (Å²) in [6.45, 7) is 3.22. The van der Waals surface area contributed by atoms with Gasteiger partial charge in [-0.1, -0.05) is 35.9 Å². The van der Waals surface area contributed by atoms with Crippen molar-refractivity contribution in [3.63, 3.8) is 0 Å². The van der Waals surface area contributed by atoms with Crippen LogP contribution < -0.4 is 4.74 Å². The summed E-state index contributed by atoms with van der Waals surface area (Å²) in [6.07, 6.45) is 3.79. The van der Waals surface area contributed by atoms with Gasteiger partial charge in [-0.2, -0.15) is 0 Å². The van der Waals surface area contributed by atoms with Crippen molar-refractivity contribution >= 4 is 17.4 Å². The average molecular weight is 473 g/mol. The van der Waals surface area contributed by atoms with Gasteiger partial charge in [0.05, 0.1) is 11.6 Å². The molecule has 0 bridgehead atoms. The number of aryl methyl sites for hydroxylation is 1. The predicted molar refractivity (Wildman–Crippen MR) is 132 cm³/mol. The molecule has 2 heterocycles. The maximum absolute atomic E-state index is 13.0. The number of Topliss-reactive ketones (excluding diaryl/α,β-unsaturated/α-hetero) is 1. The minimum Gasteiger partial charge on any atom is -0.507 e. The van der Waals surface area contributed by atoms with Gasteiger partial charge in [0.1, 0.15) is 18.1 Å². The fourth-order valence-corrected chi connectivity index (χ4v) is 4.21. The lowest BCUT2D eigenvalue weighted by Crippen LogP contribution is -2.31. The van der Waals surface area contributed by atoms with Crippen LogP contribution in [0.2, 0.25) is 0 Å². The van der Waals surface area contributed by atoms with Crippen LogP contribution in [0.5, 0.6) is 5.75 Å². The number of hydrogen-bond donors (Lipinski definition) is 1. The number of benzene rings is 2. The molecule has 35 heavy (non-hydrogen) atoms. The van der Waals surface area contributed by atoms with Crippen molar-refractivity contribution < 1.29 is 24.2 Å². The molecule has 1 aromatic heterocycles. The van der Waals surface area contributed by atoms with Crippen LogP contribution in [0.1, 0.15) is 34.7 Å². The predicted octanol–water partition coefficient (Wildman–Crippen LogP) is 4.43. The van der Waals surface area contributed by atoms with E-state index in [2.05, 4.69) is 11.1 Å². The number of carbonyl (C=O) groups excluding carboxylic acids is 2. The molecule has 1 fully saturated rings. The molecular formula is C28H28N2O5. The fraction of sp³-hybridized carbons (Fsp3) is 0.250. The zero-order valence-electron chi connectivity index (χ0n) is 19.8. The van der Waals surface area contributed by atoms with E-state index in [1.54, 1.807) is 55.9 Å². The second kappa shape index (κ2) is 11.0. The molecule has 0 unspecified atom stereocenters. The number of aliphatic hydroxyl groups is 1. The lowest BCUT2D eigenvalue weighted by molar-refractivity contribution is -0.140. The van der Waals surface area contributed by atoms with Crippen LogP contribution in [0.25, 0.3) is 5.76 Å². The number of ether oxygens (including phenoxy) is 2. The molecule has 3 aromatic rings. The third kappa shape index (κ3) is 5.41. The van der Waals surface area contributed by atoms with Gasteiger partial charge >= 0.3 is 0 Å². The lowest BCUT2D eigenvalue weighted by Gasteiger charge is -2.25. The van der Waals surface area contributed by atoms with Crippen molar-refractivity contribution in [2.75, 3.05) is 20.3 Å². The minimum atomic E-state index is -0.724. The largest absolute Gasteiger partial charge is 0.507 e. The van der Waals surface area contributed by atoms with Crippen molar-refractivity contribution in [1.29, 1.82) is 0 Å². The molecule has 0 spiro atoms. The smallest absolute Gasteiger partial charge is 0.295 e. The summed E-state index contributed by atoms with van der Waals surface area (Å²) >= 11 is 0. The minimum absolute atomic E-state index is 0.0499. The van der Waals surface area contributed by atoms with Gasteiger partial charge < -0.3 is 19.5 Å². The maximum atomic E-state index is 13.0. The van der Waals surface area contributed by atoms with E-state index < -0.39 is 17.7 Å². The molecule has 1 N–H and O–H groups in total. The molecular weight excluding hydrogens is 444 g/mol. The molecule has 4 rings (SSSR count). The van der Waals surface area contributed by atoms with Crippen molar-refractivity contribution in [2.24, 2.45) is 0 Å². The number of aromatic nitrogens is 1. The number of aliphatic hydroxyl groups excluding tert-OH is 1. The van der Waals surface area contributed by atoms with Crippen LogP contribution in [0.3, 0.4) is 0 Å². The SMILES string of the molecule is COCCCN1C(=O)C(=O)/C(=C(/O)c2ccc(OCc3cccc(C)c3)cc2)[C@@H]1c1cccnc1. The van der Waals surface area contributed by atoms with Crippen LogP contribution in [-0.4, -0.2) is 46.9 Å². The zero-order valence-corrected chi connectivity index (χ0v) is 19.8. The van der Waals surface area contributed by atoms with Crippen LogP contribution in [0.4, 0.5) is 0 Å². The Morgan fingerprint density at radius 1 is 1.09 bits per heavy atom. The number of ketones is 1. The van der Waals surface area contributed by atoms with E-state index in [4.69, 9.17) is 9.47 Å². The maximum Gasteiger partial charge on any atom is 0.295 e. The van der Waals surface area contributed by atoms with Gasteiger partial charge in [-0.3, -0.25) is 14.6 Å². The summed E-state index contributed by atoms with van der Waals surface area (Å²) in [6, 6.07) is 17.7. The van der Waals surface area contributed by atoms with Gasteiger partial charge in [-0.15, -0.1) is 0 Å². The molecule has 2 aromatic carbocycles. The van der Waals surface area contributed by atoms with Gasteiger partial charge in [0.2, 0.25) is 0 Å². The first-order chi connectivity index (χ1) is 17.0. The number of nitrogens with zero attached hydrogens (tertiary/aromatic N) is 2. The lowest BCUT2D eigenvalue weighted by atomic mass is 9.96. The standard InChI is InChI=1S/C28H28N2O5/c1-19-6-3-7-20(16-19)18-35-23-11-9-21(10-12-23)26(31)24-25(22-8-4-13-29-17-22)30(14-5-15-34-2)28(33)27(24)32/h3-4,6-13,16-17,25,31H,5,14-15,18H2,1-2H3/b26-24+/t25-/m0/s1. The highest BCUT2D eigenvalue weighted by Gasteiger charge is 2.45. The van der Waals surface area contributed by atoms with E-state index >= 15 is 0 Å². The highest BCUT2D eigenvalue weighted by Crippen LogP contribution is 2.39. The van der Waals surface area contributed by atoms with Gasteiger partial charge in [-0.05, 0) is 54.8 Å². The zero-order chi connectivity index (χ0) is 24.8. The fourth-order valence-electron chi connectivity index (χ4n) is 4.21. The van der Waals surface area contributed by atoms with Gasteiger partial charge in [0.15, 0.2) is 0 Å². The van der Waals surface area contributed by atoms with Crippen molar-refractivity contribution in [3.05, 3.63) is 101 Å². The monoisotopic (exact) mass is 472 g/mol. The Balaban J connectivity index is 1.61. The Morgan fingerprint density at radius 2 is 1.89 bits per heavy atom. The number of methoxy groups -OCH3 is 1. The highest BCUT2D eigenvalue weighted by atomic mass is 16.5. The second-order valence-corrected chi connectivity index (χ2v) is 8.43. The van der Waals surface area contributed by atoms with Crippen molar-refractivity contribution in [1.82, 2.24) is 9.88 Å². The molecule has 1 saturated heterocycles. The summed E-state index contributed by atoms with van der Waals surface area (Å²) in [5.74, 6) is -0.952. The molecule has 1 aliphatic heterocycles. The van der Waals surface area contributed by atoms with Crippen LogP contribution in [-0.2, 0) is 20.9 Å². The molecule has 0 radical (unpaired) electrons. The van der Waals surface area contributed by atoms with Gasteiger partial charge in [0, 0.05) is 38.2 Å². The van der Waals surface area contributed by atoms with Crippen LogP contribution >= 0.6 is 0 Å². The van der Waals surface area contributed by atoms with Gasteiger partial charge in [0.25, 0.3) is 11.7 Å². The summed E-state index contributed by atoms with van der Waals surface area (Å²) in [5.41, 5.74) is 3.35. The molecule has 180 valence electrons. The quantitative estimate of drug-likeness (QED) is 0.215.